The Hall–Kier alpha value is -1.10. The van der Waals surface area contributed by atoms with Gasteiger partial charge in [0.25, 0.3) is 0 Å². The lowest BCUT2D eigenvalue weighted by Crippen LogP contribution is -2.41. The van der Waals surface area contributed by atoms with Gasteiger partial charge in [-0.15, -0.1) is 0 Å². The topological polar surface area (TPSA) is 30.9 Å². The first kappa shape index (κ1) is 17.3. The van der Waals surface area contributed by atoms with Gasteiger partial charge in [-0.2, -0.15) is 0 Å². The van der Waals surface area contributed by atoms with Crippen molar-refractivity contribution in [3.63, 3.8) is 0 Å². The van der Waals surface area contributed by atoms with Crippen LogP contribution in [0.3, 0.4) is 0 Å². The molecule has 0 saturated carbocycles. The molecular formula is C18H29NO3. The summed E-state index contributed by atoms with van der Waals surface area (Å²) in [7, 11) is 4.14. The van der Waals surface area contributed by atoms with Crippen molar-refractivity contribution in [3.8, 4) is 5.75 Å². The molecule has 1 heterocycles. The van der Waals surface area contributed by atoms with Crippen LogP contribution in [0, 0.1) is 0 Å². The van der Waals surface area contributed by atoms with Gasteiger partial charge in [-0.1, -0.05) is 12.1 Å². The van der Waals surface area contributed by atoms with Crippen LogP contribution in [-0.2, 0) is 9.47 Å². The highest BCUT2D eigenvalue weighted by molar-refractivity contribution is 5.28. The minimum Gasteiger partial charge on any atom is -0.494 e. The summed E-state index contributed by atoms with van der Waals surface area (Å²) in [4.78, 5) is 2.16. The second-order valence-electron chi connectivity index (χ2n) is 7.16. The van der Waals surface area contributed by atoms with Gasteiger partial charge in [0.1, 0.15) is 5.75 Å². The Balaban J connectivity index is 1.90. The molecule has 1 saturated heterocycles. The summed E-state index contributed by atoms with van der Waals surface area (Å²) in [6.07, 6.45) is 0.708. The van der Waals surface area contributed by atoms with E-state index < -0.39 is 0 Å². The third-order valence-electron chi connectivity index (χ3n) is 4.42. The van der Waals surface area contributed by atoms with Crippen molar-refractivity contribution in [1.82, 2.24) is 4.90 Å². The monoisotopic (exact) mass is 307 g/mol. The second kappa shape index (κ2) is 6.57. The first-order chi connectivity index (χ1) is 10.2. The smallest absolute Gasteiger partial charge is 0.185 e. The van der Waals surface area contributed by atoms with Crippen molar-refractivity contribution in [2.24, 2.45) is 0 Å². The fourth-order valence-corrected chi connectivity index (χ4v) is 2.27. The van der Waals surface area contributed by atoms with Crippen molar-refractivity contribution in [1.29, 1.82) is 0 Å². The molecule has 22 heavy (non-hydrogen) atoms. The summed E-state index contributed by atoms with van der Waals surface area (Å²) < 4.78 is 17.8. The van der Waals surface area contributed by atoms with E-state index in [-0.39, 0.29) is 17.5 Å². The van der Waals surface area contributed by atoms with Gasteiger partial charge in [0, 0.05) is 12.1 Å². The molecule has 1 fully saturated rings. The summed E-state index contributed by atoms with van der Waals surface area (Å²) in [6, 6.07) is 8.00. The van der Waals surface area contributed by atoms with Crippen LogP contribution in [-0.4, -0.2) is 43.3 Å². The summed E-state index contributed by atoms with van der Waals surface area (Å²) >= 11 is 0. The highest BCUT2D eigenvalue weighted by atomic mass is 16.7. The number of benzene rings is 1. The lowest BCUT2D eigenvalue weighted by Gasteiger charge is -2.30. The predicted octanol–water partition coefficient (Wildman–Crippen LogP) is 3.62. The summed E-state index contributed by atoms with van der Waals surface area (Å²) in [5.74, 6) is 0.888. The molecule has 0 atom stereocenters. The quantitative estimate of drug-likeness (QED) is 0.751. The third kappa shape index (κ3) is 4.00. The molecule has 4 heteroatoms. The van der Waals surface area contributed by atoms with E-state index in [1.807, 2.05) is 24.3 Å². The number of hydrogen-bond acceptors (Lipinski definition) is 4. The molecule has 0 amide bonds. The van der Waals surface area contributed by atoms with Crippen molar-refractivity contribution >= 4 is 0 Å². The van der Waals surface area contributed by atoms with Crippen LogP contribution >= 0.6 is 0 Å². The fraction of sp³-hybridized carbons (Fsp3) is 0.667. The van der Waals surface area contributed by atoms with Crippen molar-refractivity contribution in [2.45, 2.75) is 51.6 Å². The van der Waals surface area contributed by atoms with Gasteiger partial charge in [-0.3, -0.25) is 0 Å². The SMILES string of the molecule is CN(C)CCCOc1ccc(C2OC(C)(C)C(C)(C)O2)cc1. The molecule has 0 radical (unpaired) electrons. The molecule has 0 spiro atoms. The highest BCUT2D eigenvalue weighted by Crippen LogP contribution is 2.44. The lowest BCUT2D eigenvalue weighted by molar-refractivity contribution is -0.0895. The van der Waals surface area contributed by atoms with Gasteiger partial charge in [0.2, 0.25) is 0 Å². The summed E-state index contributed by atoms with van der Waals surface area (Å²) in [6.45, 7) is 10.0. The average Bonchev–Trinajstić information content (AvgIpc) is 2.64. The van der Waals surface area contributed by atoms with Crippen molar-refractivity contribution in [3.05, 3.63) is 29.8 Å². The zero-order valence-electron chi connectivity index (χ0n) is 14.7. The largest absolute Gasteiger partial charge is 0.494 e. The van der Waals surface area contributed by atoms with E-state index >= 15 is 0 Å². The minimum absolute atomic E-state index is 0.307. The molecule has 0 N–H and O–H groups in total. The Morgan fingerprint density at radius 1 is 1.00 bits per heavy atom. The highest BCUT2D eigenvalue weighted by Gasteiger charge is 2.49. The molecular weight excluding hydrogens is 278 g/mol. The number of ether oxygens (including phenoxy) is 3. The fourth-order valence-electron chi connectivity index (χ4n) is 2.27. The molecule has 1 aromatic rings. The first-order valence-electron chi connectivity index (χ1n) is 7.94. The van der Waals surface area contributed by atoms with Crippen LogP contribution in [0.15, 0.2) is 24.3 Å². The summed E-state index contributed by atoms with van der Waals surface area (Å²) in [5.41, 5.74) is 0.414. The van der Waals surface area contributed by atoms with E-state index in [9.17, 15) is 0 Å². The van der Waals surface area contributed by atoms with E-state index in [2.05, 4.69) is 46.7 Å². The lowest BCUT2D eigenvalue weighted by atomic mass is 9.90. The first-order valence-corrected chi connectivity index (χ1v) is 7.94. The van der Waals surface area contributed by atoms with Gasteiger partial charge < -0.3 is 19.1 Å². The Morgan fingerprint density at radius 3 is 2.05 bits per heavy atom. The van der Waals surface area contributed by atoms with Crippen LogP contribution in [0.5, 0.6) is 5.75 Å². The standard InChI is InChI=1S/C18H29NO3/c1-17(2)18(3,4)22-16(21-17)14-8-10-15(11-9-14)20-13-7-12-19(5)6/h8-11,16H,7,12-13H2,1-6H3. The average molecular weight is 307 g/mol. The molecule has 0 unspecified atom stereocenters. The Morgan fingerprint density at radius 2 is 1.55 bits per heavy atom. The third-order valence-corrected chi connectivity index (χ3v) is 4.42. The van der Waals surface area contributed by atoms with Crippen molar-refractivity contribution in [2.75, 3.05) is 27.2 Å². The maximum atomic E-state index is 6.05. The van der Waals surface area contributed by atoms with Crippen LogP contribution in [0.4, 0.5) is 0 Å². The van der Waals surface area contributed by atoms with E-state index in [1.165, 1.54) is 0 Å². The van der Waals surface area contributed by atoms with Gasteiger partial charge in [-0.25, -0.2) is 0 Å². The molecule has 4 nitrogen and oxygen atoms in total. The van der Waals surface area contributed by atoms with Crippen molar-refractivity contribution < 1.29 is 14.2 Å². The normalized spacial score (nSPS) is 20.5. The Labute approximate surface area is 134 Å². The van der Waals surface area contributed by atoms with E-state index in [0.717, 1.165) is 30.9 Å². The minimum atomic E-state index is -0.312. The molecule has 2 rings (SSSR count). The molecule has 0 aromatic heterocycles. The second-order valence-corrected chi connectivity index (χ2v) is 7.16. The maximum absolute atomic E-state index is 6.05. The van der Waals surface area contributed by atoms with Crippen LogP contribution in [0.1, 0.15) is 46.0 Å². The number of rotatable bonds is 6. The Kier molecular flexibility index (Phi) is 5.15. The number of nitrogens with zero attached hydrogens (tertiary/aromatic N) is 1. The van der Waals surface area contributed by atoms with E-state index in [4.69, 9.17) is 14.2 Å². The van der Waals surface area contributed by atoms with E-state index in [0.29, 0.717) is 0 Å². The van der Waals surface area contributed by atoms with Crippen LogP contribution in [0.2, 0.25) is 0 Å². The molecule has 1 aliphatic rings. The van der Waals surface area contributed by atoms with Gasteiger partial charge in [0.15, 0.2) is 6.29 Å². The zero-order chi connectivity index (χ0) is 16.4. The Bertz CT molecular complexity index is 464. The molecule has 0 bridgehead atoms. The number of hydrogen-bond donors (Lipinski definition) is 0. The summed E-state index contributed by atoms with van der Waals surface area (Å²) in [5, 5.41) is 0. The molecule has 1 aliphatic heterocycles. The van der Waals surface area contributed by atoms with Gasteiger partial charge in [-0.05, 0) is 60.3 Å². The molecule has 124 valence electrons. The predicted molar refractivity (Wildman–Crippen MR) is 88.2 cm³/mol. The van der Waals surface area contributed by atoms with Gasteiger partial charge >= 0.3 is 0 Å². The van der Waals surface area contributed by atoms with E-state index in [1.54, 1.807) is 0 Å². The van der Waals surface area contributed by atoms with Crippen LogP contribution in [0.25, 0.3) is 0 Å². The molecule has 1 aromatic carbocycles. The zero-order valence-corrected chi connectivity index (χ0v) is 14.7. The maximum Gasteiger partial charge on any atom is 0.185 e. The molecule has 0 aliphatic carbocycles. The van der Waals surface area contributed by atoms with Crippen LogP contribution < -0.4 is 4.74 Å². The van der Waals surface area contributed by atoms with Gasteiger partial charge in [0.05, 0.1) is 17.8 Å².